The van der Waals surface area contributed by atoms with E-state index in [2.05, 4.69) is 0 Å². The molecule has 0 fully saturated rings. The fourth-order valence-corrected chi connectivity index (χ4v) is 1.45. The van der Waals surface area contributed by atoms with Gasteiger partial charge in [-0.3, -0.25) is 0 Å². The van der Waals surface area contributed by atoms with Gasteiger partial charge in [-0.05, 0) is 12.5 Å². The highest BCUT2D eigenvalue weighted by Gasteiger charge is 2.15. The number of aliphatic hydroxyl groups is 1. The summed E-state index contributed by atoms with van der Waals surface area (Å²) in [5.41, 5.74) is 1.20. The van der Waals surface area contributed by atoms with E-state index in [9.17, 15) is 4.79 Å². The van der Waals surface area contributed by atoms with Gasteiger partial charge in [-0.2, -0.15) is 0 Å². The lowest BCUT2D eigenvalue weighted by Gasteiger charge is -2.20. The molecule has 0 saturated heterocycles. The molecule has 0 heterocycles. The minimum atomic E-state index is -0.520. The Bertz CT molecular complexity index is 387. The summed E-state index contributed by atoms with van der Waals surface area (Å²) < 4.78 is 4.84. The van der Waals surface area contributed by atoms with Gasteiger partial charge < -0.3 is 14.7 Å². The smallest absolute Gasteiger partial charge is 0.357 e. The maximum absolute atomic E-state index is 11.5. The first-order chi connectivity index (χ1) is 8.19. The zero-order valence-corrected chi connectivity index (χ0v) is 10.1. The number of rotatable bonds is 5. The van der Waals surface area contributed by atoms with Crippen molar-refractivity contribution in [2.24, 2.45) is 0 Å². The standard InChI is InChI=1S/C13H17NO3/c1-3-17-13(16)12(10-15)14(2)9-11-7-5-4-6-8-11/h4-8,10,15H,3,9H2,1-2H3. The molecule has 92 valence electrons. The molecule has 0 atom stereocenters. The van der Waals surface area contributed by atoms with Crippen LogP contribution in [0.3, 0.4) is 0 Å². The number of nitrogens with zero attached hydrogens (tertiary/aromatic N) is 1. The molecule has 0 amide bonds. The second-order valence-electron chi connectivity index (χ2n) is 3.58. The van der Waals surface area contributed by atoms with Gasteiger partial charge in [-0.25, -0.2) is 4.79 Å². The van der Waals surface area contributed by atoms with Crippen molar-refractivity contribution in [3.05, 3.63) is 47.9 Å². The summed E-state index contributed by atoms with van der Waals surface area (Å²) in [7, 11) is 1.73. The lowest BCUT2D eigenvalue weighted by atomic mass is 10.2. The van der Waals surface area contributed by atoms with Gasteiger partial charge in [-0.1, -0.05) is 30.3 Å². The second kappa shape index (κ2) is 6.58. The second-order valence-corrected chi connectivity index (χ2v) is 3.58. The summed E-state index contributed by atoms with van der Waals surface area (Å²) in [5.74, 6) is -0.520. The molecule has 1 rings (SSSR count). The molecule has 4 nitrogen and oxygen atoms in total. The van der Waals surface area contributed by atoms with Crippen molar-refractivity contribution in [2.75, 3.05) is 13.7 Å². The third-order valence-electron chi connectivity index (χ3n) is 2.28. The van der Waals surface area contributed by atoms with Crippen molar-refractivity contribution in [1.29, 1.82) is 0 Å². The Kier molecular flexibility index (Phi) is 5.07. The maximum Gasteiger partial charge on any atom is 0.357 e. The van der Waals surface area contributed by atoms with Crippen LogP contribution in [0.5, 0.6) is 0 Å². The zero-order valence-electron chi connectivity index (χ0n) is 10.1. The molecule has 0 aliphatic carbocycles. The van der Waals surface area contributed by atoms with Crippen molar-refractivity contribution in [2.45, 2.75) is 13.5 Å². The van der Waals surface area contributed by atoms with Crippen LogP contribution < -0.4 is 0 Å². The maximum atomic E-state index is 11.5. The molecule has 0 unspecified atom stereocenters. The molecular weight excluding hydrogens is 218 g/mol. The van der Waals surface area contributed by atoms with Gasteiger partial charge in [0.1, 0.15) is 6.26 Å². The Morgan fingerprint density at radius 2 is 2.06 bits per heavy atom. The van der Waals surface area contributed by atoms with Gasteiger partial charge in [0.2, 0.25) is 0 Å². The highest BCUT2D eigenvalue weighted by Crippen LogP contribution is 2.09. The largest absolute Gasteiger partial charge is 0.513 e. The topological polar surface area (TPSA) is 49.8 Å². The number of hydrogen-bond donors (Lipinski definition) is 1. The molecule has 0 aromatic heterocycles. The molecule has 0 bridgehead atoms. The van der Waals surface area contributed by atoms with E-state index in [4.69, 9.17) is 9.84 Å². The summed E-state index contributed by atoms with van der Waals surface area (Å²) in [5, 5.41) is 9.07. The van der Waals surface area contributed by atoms with Crippen molar-refractivity contribution in [3.63, 3.8) is 0 Å². The summed E-state index contributed by atoms with van der Waals surface area (Å²) in [4.78, 5) is 13.2. The number of carbonyl (C=O) groups excluding carboxylic acids is 1. The summed E-state index contributed by atoms with van der Waals surface area (Å²) in [6.07, 6.45) is 0.779. The van der Waals surface area contributed by atoms with Crippen LogP contribution in [0.4, 0.5) is 0 Å². The van der Waals surface area contributed by atoms with E-state index in [-0.39, 0.29) is 12.3 Å². The first-order valence-electron chi connectivity index (χ1n) is 5.45. The van der Waals surface area contributed by atoms with Crippen LogP contribution in [0.2, 0.25) is 0 Å². The predicted octanol–water partition coefficient (Wildman–Crippen LogP) is 2.08. The Balaban J connectivity index is 2.68. The monoisotopic (exact) mass is 235 g/mol. The fourth-order valence-electron chi connectivity index (χ4n) is 1.45. The summed E-state index contributed by atoms with van der Waals surface area (Å²) in [6.45, 7) is 2.55. The van der Waals surface area contributed by atoms with E-state index >= 15 is 0 Å². The van der Waals surface area contributed by atoms with Crippen LogP contribution in [-0.2, 0) is 16.1 Å². The molecule has 0 aliphatic heterocycles. The van der Waals surface area contributed by atoms with Gasteiger partial charge in [0.25, 0.3) is 0 Å². The lowest BCUT2D eigenvalue weighted by molar-refractivity contribution is -0.140. The molecule has 0 aliphatic rings. The van der Waals surface area contributed by atoms with Crippen molar-refractivity contribution in [1.82, 2.24) is 4.90 Å². The number of aliphatic hydroxyl groups excluding tert-OH is 1. The van der Waals surface area contributed by atoms with Crippen LogP contribution in [0.1, 0.15) is 12.5 Å². The molecule has 1 N–H and O–H groups in total. The van der Waals surface area contributed by atoms with Crippen LogP contribution in [0.25, 0.3) is 0 Å². The molecule has 0 saturated carbocycles. The third-order valence-corrected chi connectivity index (χ3v) is 2.28. The van der Waals surface area contributed by atoms with E-state index in [0.717, 1.165) is 11.8 Å². The fraction of sp³-hybridized carbons (Fsp3) is 0.308. The van der Waals surface area contributed by atoms with E-state index in [1.165, 1.54) is 0 Å². The lowest BCUT2D eigenvalue weighted by Crippen LogP contribution is -2.25. The van der Waals surface area contributed by atoms with Gasteiger partial charge in [0.15, 0.2) is 5.70 Å². The van der Waals surface area contributed by atoms with Crippen molar-refractivity contribution < 1.29 is 14.6 Å². The average molecular weight is 235 g/mol. The van der Waals surface area contributed by atoms with Crippen LogP contribution in [0, 0.1) is 0 Å². The van der Waals surface area contributed by atoms with Crippen molar-refractivity contribution >= 4 is 5.97 Å². The highest BCUT2D eigenvalue weighted by atomic mass is 16.5. The number of hydrogen-bond acceptors (Lipinski definition) is 4. The first kappa shape index (κ1) is 13.1. The van der Waals surface area contributed by atoms with Gasteiger partial charge in [0, 0.05) is 13.6 Å². The number of carbonyl (C=O) groups is 1. The van der Waals surface area contributed by atoms with E-state index in [1.807, 2.05) is 30.3 Å². The van der Waals surface area contributed by atoms with E-state index in [0.29, 0.717) is 6.54 Å². The molecular formula is C13H17NO3. The van der Waals surface area contributed by atoms with Crippen LogP contribution in [-0.4, -0.2) is 29.6 Å². The summed E-state index contributed by atoms with van der Waals surface area (Å²) >= 11 is 0. The third kappa shape index (κ3) is 3.83. The first-order valence-corrected chi connectivity index (χ1v) is 5.45. The quantitative estimate of drug-likeness (QED) is 0.482. The Morgan fingerprint density at radius 1 is 1.41 bits per heavy atom. The van der Waals surface area contributed by atoms with Gasteiger partial charge in [0.05, 0.1) is 6.61 Å². The van der Waals surface area contributed by atoms with Crippen LogP contribution in [0.15, 0.2) is 42.3 Å². The number of ether oxygens (including phenoxy) is 1. The Morgan fingerprint density at radius 3 is 2.59 bits per heavy atom. The number of esters is 1. The number of benzene rings is 1. The minimum absolute atomic E-state index is 0.149. The molecule has 1 aromatic rings. The van der Waals surface area contributed by atoms with E-state index < -0.39 is 5.97 Å². The average Bonchev–Trinajstić information content (AvgIpc) is 2.31. The van der Waals surface area contributed by atoms with Crippen LogP contribution >= 0.6 is 0 Å². The van der Waals surface area contributed by atoms with E-state index in [1.54, 1.807) is 18.9 Å². The van der Waals surface area contributed by atoms with Gasteiger partial charge in [-0.15, -0.1) is 0 Å². The zero-order chi connectivity index (χ0) is 12.7. The minimum Gasteiger partial charge on any atom is -0.513 e. The summed E-state index contributed by atoms with van der Waals surface area (Å²) in [6, 6.07) is 9.69. The van der Waals surface area contributed by atoms with Gasteiger partial charge >= 0.3 is 5.97 Å². The number of likely N-dealkylation sites (N-methyl/N-ethyl adjacent to an activating group) is 1. The molecule has 0 radical (unpaired) electrons. The SMILES string of the molecule is CCOC(=O)C(=CO)N(C)Cc1ccccc1. The van der Waals surface area contributed by atoms with Crippen molar-refractivity contribution in [3.8, 4) is 0 Å². The normalized spacial score (nSPS) is 11.1. The highest BCUT2D eigenvalue weighted by molar-refractivity contribution is 5.87. The molecule has 0 spiro atoms. The molecule has 1 aromatic carbocycles. The Labute approximate surface area is 101 Å². The predicted molar refractivity (Wildman–Crippen MR) is 65.3 cm³/mol. The molecule has 17 heavy (non-hydrogen) atoms. The molecule has 4 heteroatoms. The Hall–Kier alpha value is -1.97.